The largest absolute Gasteiger partial charge is 0.352 e. The van der Waals surface area contributed by atoms with Gasteiger partial charge in [-0.1, -0.05) is 48.5 Å². The van der Waals surface area contributed by atoms with Crippen LogP contribution < -0.4 is 5.32 Å². The van der Waals surface area contributed by atoms with Crippen molar-refractivity contribution in [3.63, 3.8) is 0 Å². The summed E-state index contributed by atoms with van der Waals surface area (Å²) in [5.41, 5.74) is 2.48. The molecular weight excluding hydrogens is 310 g/mol. The Balaban J connectivity index is 1.73. The van der Waals surface area contributed by atoms with Gasteiger partial charge in [-0.25, -0.2) is 8.42 Å². The Morgan fingerprint density at radius 2 is 1.74 bits per heavy atom. The van der Waals surface area contributed by atoms with E-state index in [4.69, 9.17) is 0 Å². The SMILES string of the molecule is O=C(NCC1CCS(=O)(=O)C1)c1ccccc1-c1ccccc1. The van der Waals surface area contributed by atoms with Crippen molar-refractivity contribution in [1.29, 1.82) is 0 Å². The van der Waals surface area contributed by atoms with E-state index in [1.165, 1.54) is 0 Å². The summed E-state index contributed by atoms with van der Waals surface area (Å²) in [5.74, 6) is 0.267. The number of hydrogen-bond donors (Lipinski definition) is 1. The molecule has 1 saturated heterocycles. The number of carbonyl (C=O) groups is 1. The molecule has 0 spiro atoms. The number of amides is 1. The molecular formula is C18H19NO3S. The molecule has 4 nitrogen and oxygen atoms in total. The van der Waals surface area contributed by atoms with Crippen LogP contribution in [-0.2, 0) is 9.84 Å². The average molecular weight is 329 g/mol. The Hall–Kier alpha value is -2.14. The number of sulfone groups is 1. The molecule has 0 aromatic heterocycles. The maximum Gasteiger partial charge on any atom is 0.251 e. The Morgan fingerprint density at radius 3 is 2.43 bits per heavy atom. The number of hydrogen-bond acceptors (Lipinski definition) is 3. The first kappa shape index (κ1) is 15.7. The van der Waals surface area contributed by atoms with Crippen LogP contribution in [0.2, 0.25) is 0 Å². The molecule has 1 unspecified atom stereocenters. The van der Waals surface area contributed by atoms with Gasteiger partial charge in [0, 0.05) is 12.1 Å². The van der Waals surface area contributed by atoms with Gasteiger partial charge >= 0.3 is 0 Å². The second kappa shape index (κ2) is 6.54. The summed E-state index contributed by atoms with van der Waals surface area (Å²) in [6.45, 7) is 0.404. The van der Waals surface area contributed by atoms with Crippen molar-refractivity contribution < 1.29 is 13.2 Å². The second-order valence-corrected chi connectivity index (χ2v) is 8.12. The highest BCUT2D eigenvalue weighted by molar-refractivity contribution is 7.91. The van der Waals surface area contributed by atoms with Crippen LogP contribution in [0.1, 0.15) is 16.8 Å². The molecule has 1 N–H and O–H groups in total. The highest BCUT2D eigenvalue weighted by atomic mass is 32.2. The van der Waals surface area contributed by atoms with Crippen molar-refractivity contribution in [2.24, 2.45) is 5.92 Å². The molecule has 0 aliphatic carbocycles. The summed E-state index contributed by atoms with van der Waals surface area (Å²) in [5, 5.41) is 2.89. The zero-order valence-corrected chi connectivity index (χ0v) is 13.6. The van der Waals surface area contributed by atoms with Crippen LogP contribution in [0.3, 0.4) is 0 Å². The first-order valence-corrected chi connectivity index (χ1v) is 9.50. The van der Waals surface area contributed by atoms with Gasteiger partial charge in [-0.3, -0.25) is 4.79 Å². The molecule has 2 aromatic rings. The van der Waals surface area contributed by atoms with Gasteiger partial charge in [-0.05, 0) is 29.5 Å². The van der Waals surface area contributed by atoms with Crippen LogP contribution in [0.25, 0.3) is 11.1 Å². The zero-order chi connectivity index (χ0) is 16.3. The summed E-state index contributed by atoms with van der Waals surface area (Å²) in [4.78, 5) is 12.5. The van der Waals surface area contributed by atoms with E-state index in [0.717, 1.165) is 11.1 Å². The molecule has 1 aliphatic rings. The molecule has 1 fully saturated rings. The van der Waals surface area contributed by atoms with Crippen LogP contribution in [0.4, 0.5) is 0 Å². The van der Waals surface area contributed by atoms with Gasteiger partial charge in [0.05, 0.1) is 11.5 Å². The molecule has 1 amide bonds. The standard InChI is InChI=1S/C18H19NO3S/c20-18(19-12-14-10-11-23(21,22)13-14)17-9-5-4-8-16(17)15-6-2-1-3-7-15/h1-9,14H,10-13H2,(H,19,20). The third-order valence-electron chi connectivity index (χ3n) is 4.13. The average Bonchev–Trinajstić information content (AvgIpc) is 2.92. The number of carbonyl (C=O) groups excluding carboxylic acids is 1. The lowest BCUT2D eigenvalue weighted by atomic mass is 9.99. The topological polar surface area (TPSA) is 63.2 Å². The van der Waals surface area contributed by atoms with E-state index in [-0.39, 0.29) is 23.3 Å². The molecule has 1 aliphatic heterocycles. The predicted octanol–water partition coefficient (Wildman–Crippen LogP) is 2.52. The van der Waals surface area contributed by atoms with Gasteiger partial charge in [-0.2, -0.15) is 0 Å². The summed E-state index contributed by atoms with van der Waals surface area (Å²) in [6.07, 6.45) is 0.628. The van der Waals surface area contributed by atoms with Gasteiger partial charge in [0.2, 0.25) is 0 Å². The van der Waals surface area contributed by atoms with Crippen LogP contribution in [0, 0.1) is 5.92 Å². The summed E-state index contributed by atoms with van der Waals surface area (Å²) in [7, 11) is -2.91. The number of nitrogens with one attached hydrogen (secondary N) is 1. The molecule has 0 radical (unpaired) electrons. The predicted molar refractivity (Wildman–Crippen MR) is 91.0 cm³/mol. The second-order valence-electron chi connectivity index (χ2n) is 5.89. The lowest BCUT2D eigenvalue weighted by Crippen LogP contribution is -2.30. The fourth-order valence-electron chi connectivity index (χ4n) is 2.92. The summed E-state index contributed by atoms with van der Waals surface area (Å²) in [6, 6.07) is 17.2. The van der Waals surface area contributed by atoms with Gasteiger partial charge in [0.1, 0.15) is 0 Å². The molecule has 1 atom stereocenters. The molecule has 2 aromatic carbocycles. The lowest BCUT2D eigenvalue weighted by Gasteiger charge is -2.12. The quantitative estimate of drug-likeness (QED) is 0.937. The van der Waals surface area contributed by atoms with Gasteiger partial charge < -0.3 is 5.32 Å². The van der Waals surface area contributed by atoms with Gasteiger partial charge in [-0.15, -0.1) is 0 Å². The van der Waals surface area contributed by atoms with Crippen LogP contribution in [-0.4, -0.2) is 32.4 Å². The first-order chi connectivity index (χ1) is 11.1. The van der Waals surface area contributed by atoms with Crippen molar-refractivity contribution in [2.75, 3.05) is 18.1 Å². The van der Waals surface area contributed by atoms with Crippen molar-refractivity contribution in [3.05, 3.63) is 60.2 Å². The van der Waals surface area contributed by atoms with Crippen molar-refractivity contribution in [3.8, 4) is 11.1 Å². The van der Waals surface area contributed by atoms with E-state index < -0.39 is 9.84 Å². The van der Waals surface area contributed by atoms with Crippen LogP contribution in [0.5, 0.6) is 0 Å². The Kier molecular flexibility index (Phi) is 4.48. The fourth-order valence-corrected chi connectivity index (χ4v) is 4.78. The van der Waals surface area contributed by atoms with Crippen LogP contribution in [0.15, 0.2) is 54.6 Å². The van der Waals surface area contributed by atoms with Gasteiger partial charge in [0.15, 0.2) is 9.84 Å². The van der Waals surface area contributed by atoms with E-state index >= 15 is 0 Å². The number of rotatable bonds is 4. The molecule has 23 heavy (non-hydrogen) atoms. The fraction of sp³-hybridized carbons (Fsp3) is 0.278. The molecule has 5 heteroatoms. The van der Waals surface area contributed by atoms with E-state index in [2.05, 4.69) is 5.32 Å². The smallest absolute Gasteiger partial charge is 0.251 e. The Bertz CT molecular complexity index is 800. The minimum atomic E-state index is -2.91. The highest BCUT2D eigenvalue weighted by Crippen LogP contribution is 2.23. The number of benzene rings is 2. The normalized spacial score (nSPS) is 19.4. The minimum Gasteiger partial charge on any atom is -0.352 e. The molecule has 3 rings (SSSR count). The van der Waals surface area contributed by atoms with Crippen molar-refractivity contribution >= 4 is 15.7 Å². The van der Waals surface area contributed by atoms with Crippen LogP contribution >= 0.6 is 0 Å². The maximum atomic E-state index is 12.5. The van der Waals surface area contributed by atoms with E-state index in [1.807, 2.05) is 48.5 Å². The summed E-state index contributed by atoms with van der Waals surface area (Å²) >= 11 is 0. The molecule has 1 heterocycles. The van der Waals surface area contributed by atoms with E-state index in [1.54, 1.807) is 6.07 Å². The third-order valence-corrected chi connectivity index (χ3v) is 5.97. The van der Waals surface area contributed by atoms with Crippen molar-refractivity contribution in [2.45, 2.75) is 6.42 Å². The Morgan fingerprint density at radius 1 is 1.04 bits per heavy atom. The summed E-state index contributed by atoms with van der Waals surface area (Å²) < 4.78 is 23.0. The Labute approximate surface area is 136 Å². The van der Waals surface area contributed by atoms with Crippen molar-refractivity contribution in [1.82, 2.24) is 5.32 Å². The lowest BCUT2D eigenvalue weighted by molar-refractivity contribution is 0.0949. The zero-order valence-electron chi connectivity index (χ0n) is 12.7. The molecule has 0 saturated carbocycles. The third kappa shape index (κ3) is 3.79. The molecule has 120 valence electrons. The maximum absolute atomic E-state index is 12.5. The van der Waals surface area contributed by atoms with E-state index in [0.29, 0.717) is 18.5 Å². The van der Waals surface area contributed by atoms with E-state index in [9.17, 15) is 13.2 Å². The highest BCUT2D eigenvalue weighted by Gasteiger charge is 2.28. The molecule has 0 bridgehead atoms. The monoisotopic (exact) mass is 329 g/mol. The first-order valence-electron chi connectivity index (χ1n) is 7.68. The van der Waals surface area contributed by atoms with Gasteiger partial charge in [0.25, 0.3) is 5.91 Å². The minimum absolute atomic E-state index is 0.0211.